The zero-order chi connectivity index (χ0) is 19.7. The van der Waals surface area contributed by atoms with Crippen LogP contribution in [0.5, 0.6) is 0 Å². The van der Waals surface area contributed by atoms with Gasteiger partial charge in [0.2, 0.25) is 0 Å². The Balaban J connectivity index is 1.88. The van der Waals surface area contributed by atoms with Gasteiger partial charge in [-0.1, -0.05) is 54.1 Å². The van der Waals surface area contributed by atoms with E-state index in [2.05, 4.69) is 10.4 Å². The molecule has 0 fully saturated rings. The van der Waals surface area contributed by atoms with Crippen LogP contribution in [0.4, 0.5) is 5.69 Å². The fraction of sp³-hybridized carbons (Fsp3) is 0.0455. The van der Waals surface area contributed by atoms with E-state index < -0.39 is 5.91 Å². The van der Waals surface area contributed by atoms with Crippen molar-refractivity contribution in [2.75, 3.05) is 5.32 Å². The van der Waals surface area contributed by atoms with E-state index in [1.165, 1.54) is 4.68 Å². The number of hydrogen-bond acceptors (Lipinski definition) is 3. The Kier molecular flexibility index (Phi) is 4.67. The summed E-state index contributed by atoms with van der Waals surface area (Å²) in [5, 5.41) is 8.68. The van der Waals surface area contributed by atoms with E-state index in [0.717, 1.165) is 5.56 Å². The molecule has 1 amide bonds. The maximum Gasteiger partial charge on any atom is 0.279 e. The van der Waals surface area contributed by atoms with Crippen LogP contribution in [0.2, 0.25) is 5.02 Å². The van der Waals surface area contributed by atoms with E-state index in [0.29, 0.717) is 27.2 Å². The highest BCUT2D eigenvalue weighted by Crippen LogP contribution is 2.22. The zero-order valence-corrected chi connectivity index (χ0v) is 15.8. The number of nitrogens with zero attached hydrogens (tertiary/aromatic N) is 2. The average molecular weight is 390 g/mol. The van der Waals surface area contributed by atoms with Gasteiger partial charge < -0.3 is 5.32 Å². The largest absolute Gasteiger partial charge is 0.320 e. The summed E-state index contributed by atoms with van der Waals surface area (Å²) in [6.07, 6.45) is 0. The number of halogens is 1. The normalized spacial score (nSPS) is 10.8. The number of hydrogen-bond donors (Lipinski definition) is 1. The predicted octanol–water partition coefficient (Wildman–Crippen LogP) is 4.60. The Hall–Kier alpha value is -3.44. The standard InChI is InChI=1S/C22H16ClN3O2/c1-14-11-12-15(23)13-19(14)24-21(27)20-17-9-5-6-10-18(17)22(28)26(25-20)16-7-3-2-4-8-16/h2-13H,1H3,(H,24,27). The quantitative estimate of drug-likeness (QED) is 0.557. The van der Waals surface area contributed by atoms with Gasteiger partial charge in [-0.25, -0.2) is 0 Å². The smallest absolute Gasteiger partial charge is 0.279 e. The molecule has 1 aromatic heterocycles. The molecule has 28 heavy (non-hydrogen) atoms. The van der Waals surface area contributed by atoms with Gasteiger partial charge in [0.25, 0.3) is 11.5 Å². The van der Waals surface area contributed by atoms with Gasteiger partial charge in [-0.2, -0.15) is 9.78 Å². The van der Waals surface area contributed by atoms with Crippen LogP contribution in [-0.4, -0.2) is 15.7 Å². The van der Waals surface area contributed by atoms with E-state index in [4.69, 9.17) is 11.6 Å². The first-order valence-corrected chi connectivity index (χ1v) is 9.07. The lowest BCUT2D eigenvalue weighted by atomic mass is 10.1. The van der Waals surface area contributed by atoms with Gasteiger partial charge in [0.15, 0.2) is 5.69 Å². The van der Waals surface area contributed by atoms with Crippen molar-refractivity contribution in [2.45, 2.75) is 6.92 Å². The van der Waals surface area contributed by atoms with Gasteiger partial charge in [0.05, 0.1) is 11.1 Å². The van der Waals surface area contributed by atoms with Crippen LogP contribution in [0.1, 0.15) is 16.1 Å². The van der Waals surface area contributed by atoms with E-state index in [9.17, 15) is 9.59 Å². The summed E-state index contributed by atoms with van der Waals surface area (Å²) in [4.78, 5) is 26.0. The number of carbonyl (C=O) groups is 1. The van der Waals surface area contributed by atoms with E-state index in [1.54, 1.807) is 48.5 Å². The van der Waals surface area contributed by atoms with E-state index in [1.807, 2.05) is 31.2 Å². The number of anilines is 1. The highest BCUT2D eigenvalue weighted by atomic mass is 35.5. The number of carbonyl (C=O) groups excluding carboxylic acids is 1. The van der Waals surface area contributed by atoms with Crippen LogP contribution in [-0.2, 0) is 0 Å². The van der Waals surface area contributed by atoms with Gasteiger partial charge in [-0.15, -0.1) is 0 Å². The lowest BCUT2D eigenvalue weighted by molar-refractivity contribution is 0.102. The summed E-state index contributed by atoms with van der Waals surface area (Å²) in [5.41, 5.74) is 1.95. The molecule has 0 unspecified atom stereocenters. The van der Waals surface area contributed by atoms with Gasteiger partial charge in [-0.05, 0) is 42.8 Å². The Morgan fingerprint density at radius 2 is 1.64 bits per heavy atom. The third-order valence-electron chi connectivity index (χ3n) is 4.47. The number of fused-ring (bicyclic) bond motifs is 1. The van der Waals surface area contributed by atoms with Crippen LogP contribution in [0, 0.1) is 6.92 Å². The second-order valence-corrected chi connectivity index (χ2v) is 6.80. The summed E-state index contributed by atoms with van der Waals surface area (Å²) >= 11 is 6.06. The van der Waals surface area contributed by atoms with Crippen molar-refractivity contribution in [1.82, 2.24) is 9.78 Å². The van der Waals surface area contributed by atoms with Crippen LogP contribution in [0.15, 0.2) is 77.6 Å². The minimum absolute atomic E-state index is 0.165. The molecule has 0 spiro atoms. The molecule has 3 aromatic carbocycles. The Labute approximate surface area is 166 Å². The molecular formula is C22H16ClN3O2. The fourth-order valence-corrected chi connectivity index (χ4v) is 3.18. The van der Waals surface area contributed by atoms with Gasteiger partial charge >= 0.3 is 0 Å². The third kappa shape index (κ3) is 3.28. The second-order valence-electron chi connectivity index (χ2n) is 6.36. The van der Waals surface area contributed by atoms with Crippen molar-refractivity contribution < 1.29 is 4.79 Å². The minimum atomic E-state index is -0.411. The van der Waals surface area contributed by atoms with Crippen molar-refractivity contribution in [2.24, 2.45) is 0 Å². The molecule has 0 aliphatic rings. The fourth-order valence-electron chi connectivity index (χ4n) is 3.01. The SMILES string of the molecule is Cc1ccc(Cl)cc1NC(=O)c1nn(-c2ccccc2)c(=O)c2ccccc12. The molecule has 1 N–H and O–H groups in total. The highest BCUT2D eigenvalue weighted by Gasteiger charge is 2.18. The maximum atomic E-state index is 13.1. The first-order chi connectivity index (χ1) is 13.5. The number of amides is 1. The summed E-state index contributed by atoms with van der Waals surface area (Å²) in [7, 11) is 0. The number of nitrogens with one attached hydrogen (secondary N) is 1. The molecule has 0 radical (unpaired) electrons. The molecule has 4 aromatic rings. The number of aromatic nitrogens is 2. The molecule has 0 aliphatic heterocycles. The van der Waals surface area contributed by atoms with Crippen molar-refractivity contribution in [3.05, 3.63) is 99.4 Å². The molecule has 4 rings (SSSR count). The van der Waals surface area contributed by atoms with E-state index in [-0.39, 0.29) is 11.3 Å². The maximum absolute atomic E-state index is 13.1. The molecule has 0 aliphatic carbocycles. The lowest BCUT2D eigenvalue weighted by Crippen LogP contribution is -2.26. The first-order valence-electron chi connectivity index (χ1n) is 8.69. The molecule has 1 heterocycles. The van der Waals surface area contributed by atoms with E-state index >= 15 is 0 Å². The molecule has 0 saturated heterocycles. The van der Waals surface area contributed by atoms with Crippen molar-refractivity contribution in [3.8, 4) is 5.69 Å². The number of rotatable bonds is 3. The predicted molar refractivity (Wildman–Crippen MR) is 111 cm³/mol. The van der Waals surface area contributed by atoms with Crippen LogP contribution in [0.25, 0.3) is 16.5 Å². The number of benzene rings is 3. The Bertz CT molecular complexity index is 1250. The zero-order valence-electron chi connectivity index (χ0n) is 15.0. The van der Waals surface area contributed by atoms with Crippen LogP contribution < -0.4 is 10.9 Å². The lowest BCUT2D eigenvalue weighted by Gasteiger charge is -2.12. The van der Waals surface area contributed by atoms with Gasteiger partial charge in [0.1, 0.15) is 0 Å². The number of aryl methyl sites for hydroxylation is 1. The summed E-state index contributed by atoms with van der Waals surface area (Å²) < 4.78 is 1.25. The molecule has 5 nitrogen and oxygen atoms in total. The van der Waals surface area contributed by atoms with Gasteiger partial charge in [-0.3, -0.25) is 9.59 Å². The average Bonchev–Trinajstić information content (AvgIpc) is 2.72. The van der Waals surface area contributed by atoms with Crippen molar-refractivity contribution >= 4 is 34.0 Å². The molecule has 6 heteroatoms. The van der Waals surface area contributed by atoms with Crippen LogP contribution >= 0.6 is 11.6 Å². The van der Waals surface area contributed by atoms with Crippen molar-refractivity contribution in [3.63, 3.8) is 0 Å². The highest BCUT2D eigenvalue weighted by molar-refractivity contribution is 6.31. The molecule has 0 bridgehead atoms. The number of para-hydroxylation sites is 1. The molecule has 0 atom stereocenters. The minimum Gasteiger partial charge on any atom is -0.320 e. The topological polar surface area (TPSA) is 64.0 Å². The third-order valence-corrected chi connectivity index (χ3v) is 4.70. The van der Waals surface area contributed by atoms with Gasteiger partial charge in [0, 0.05) is 16.1 Å². The van der Waals surface area contributed by atoms with Crippen LogP contribution in [0.3, 0.4) is 0 Å². The Morgan fingerprint density at radius 1 is 0.964 bits per heavy atom. The first kappa shape index (κ1) is 17.9. The Morgan fingerprint density at radius 3 is 2.39 bits per heavy atom. The monoisotopic (exact) mass is 389 g/mol. The summed E-state index contributed by atoms with van der Waals surface area (Å²) in [5.74, 6) is -0.411. The van der Waals surface area contributed by atoms with Crippen molar-refractivity contribution in [1.29, 1.82) is 0 Å². The summed E-state index contributed by atoms with van der Waals surface area (Å²) in [6, 6.07) is 21.2. The summed E-state index contributed by atoms with van der Waals surface area (Å²) in [6.45, 7) is 1.88. The second kappa shape index (κ2) is 7.29. The molecule has 0 saturated carbocycles. The molecule has 138 valence electrons. The molecular weight excluding hydrogens is 374 g/mol.